The maximum Gasteiger partial charge on any atom is 0.274 e. The van der Waals surface area contributed by atoms with Crippen LogP contribution in [0.1, 0.15) is 29.7 Å². The summed E-state index contributed by atoms with van der Waals surface area (Å²) < 4.78 is 1.63. The van der Waals surface area contributed by atoms with E-state index in [-0.39, 0.29) is 23.3 Å². The number of piperazine rings is 1. The Morgan fingerprint density at radius 3 is 2.34 bits per heavy atom. The molecule has 8 nitrogen and oxygen atoms in total. The fourth-order valence-electron chi connectivity index (χ4n) is 4.60. The van der Waals surface area contributed by atoms with Gasteiger partial charge >= 0.3 is 0 Å². The van der Waals surface area contributed by atoms with Gasteiger partial charge in [0.1, 0.15) is 0 Å². The largest absolute Gasteiger partial charge is 0.348 e. The molecule has 4 rings (SSSR count). The smallest absolute Gasteiger partial charge is 0.274 e. The van der Waals surface area contributed by atoms with Crippen molar-refractivity contribution in [2.75, 3.05) is 46.8 Å². The van der Waals surface area contributed by atoms with Crippen LogP contribution >= 0.6 is 0 Å². The molecule has 8 heteroatoms. The molecule has 1 aromatic heterocycles. The Balaban J connectivity index is 1.36. The molecular formula is C24H33N5O3. The molecule has 1 saturated heterocycles. The number of carbonyl (C=O) groups excluding carboxylic acids is 2. The van der Waals surface area contributed by atoms with Gasteiger partial charge in [-0.1, -0.05) is 17.7 Å². The van der Waals surface area contributed by atoms with Gasteiger partial charge in [0.15, 0.2) is 0 Å². The normalized spacial score (nSPS) is 19.3. The molecule has 172 valence electrons. The number of carbonyl (C=O) groups is 2. The molecule has 1 aliphatic heterocycles. The lowest BCUT2D eigenvalue weighted by molar-refractivity contribution is -0.138. The molecule has 1 aliphatic carbocycles. The zero-order chi connectivity index (χ0) is 22.8. The third-order valence-electron chi connectivity index (χ3n) is 6.74. The molecule has 0 bridgehead atoms. The van der Waals surface area contributed by atoms with Crippen molar-refractivity contribution in [2.45, 2.75) is 32.6 Å². The molecule has 2 aliphatic rings. The van der Waals surface area contributed by atoms with Gasteiger partial charge < -0.3 is 9.80 Å². The van der Waals surface area contributed by atoms with E-state index in [0.717, 1.165) is 42.0 Å². The molecule has 0 radical (unpaired) electrons. The van der Waals surface area contributed by atoms with Crippen molar-refractivity contribution in [3.05, 3.63) is 51.4 Å². The van der Waals surface area contributed by atoms with Crippen molar-refractivity contribution in [1.82, 2.24) is 24.5 Å². The molecule has 0 saturated carbocycles. The molecule has 1 aromatic carbocycles. The third kappa shape index (κ3) is 4.65. The first-order valence-corrected chi connectivity index (χ1v) is 11.4. The maximum atomic E-state index is 13.2. The monoisotopic (exact) mass is 439 g/mol. The number of aromatic nitrogens is 2. The molecule has 2 amide bonds. The van der Waals surface area contributed by atoms with Crippen LogP contribution in [0.4, 0.5) is 0 Å². The predicted molar refractivity (Wildman–Crippen MR) is 123 cm³/mol. The summed E-state index contributed by atoms with van der Waals surface area (Å²) in [4.78, 5) is 43.7. The number of H-pyrrole nitrogens is 1. The second kappa shape index (κ2) is 9.32. The van der Waals surface area contributed by atoms with Gasteiger partial charge in [0.05, 0.1) is 12.2 Å². The van der Waals surface area contributed by atoms with Crippen molar-refractivity contribution >= 4 is 11.8 Å². The van der Waals surface area contributed by atoms with E-state index in [9.17, 15) is 14.4 Å². The molecule has 1 fully saturated rings. The summed E-state index contributed by atoms with van der Waals surface area (Å²) in [7, 11) is 3.53. The fourth-order valence-corrected chi connectivity index (χ4v) is 4.60. The summed E-state index contributed by atoms with van der Waals surface area (Å²) in [5.41, 5.74) is 3.76. The van der Waals surface area contributed by atoms with Crippen LogP contribution in [-0.4, -0.2) is 83.1 Å². The van der Waals surface area contributed by atoms with Crippen LogP contribution in [0.3, 0.4) is 0 Å². The van der Waals surface area contributed by atoms with Crippen molar-refractivity contribution in [1.29, 1.82) is 0 Å². The van der Waals surface area contributed by atoms with E-state index in [4.69, 9.17) is 0 Å². The fraction of sp³-hybridized carbons (Fsp3) is 0.542. The van der Waals surface area contributed by atoms with Crippen LogP contribution in [0.5, 0.6) is 0 Å². The van der Waals surface area contributed by atoms with E-state index in [1.165, 1.54) is 0 Å². The molecule has 2 heterocycles. The SMILES string of the molecule is Cc1ccc(-n2[nH]c3c(c2=O)CCC(C(=O)N2CCN(CC(=O)N(C)C)CC2)CC3)cc1. The van der Waals surface area contributed by atoms with Crippen LogP contribution in [0.2, 0.25) is 0 Å². The van der Waals surface area contributed by atoms with Gasteiger partial charge in [0.2, 0.25) is 11.8 Å². The van der Waals surface area contributed by atoms with Crippen molar-refractivity contribution < 1.29 is 9.59 Å². The lowest BCUT2D eigenvalue weighted by atomic mass is 9.97. The molecule has 2 aromatic rings. The van der Waals surface area contributed by atoms with Crippen LogP contribution in [0, 0.1) is 12.8 Å². The minimum atomic E-state index is -0.0574. The minimum Gasteiger partial charge on any atom is -0.348 e. The zero-order valence-corrected chi connectivity index (χ0v) is 19.3. The third-order valence-corrected chi connectivity index (χ3v) is 6.74. The highest BCUT2D eigenvalue weighted by Gasteiger charge is 2.31. The number of nitrogens with one attached hydrogen (secondary N) is 1. The Morgan fingerprint density at radius 2 is 1.69 bits per heavy atom. The summed E-state index contributed by atoms with van der Waals surface area (Å²) in [6, 6.07) is 7.90. The Kier molecular flexibility index (Phi) is 6.50. The summed E-state index contributed by atoms with van der Waals surface area (Å²) in [5, 5.41) is 3.29. The predicted octanol–water partition coefficient (Wildman–Crippen LogP) is 1.20. The van der Waals surface area contributed by atoms with Crippen LogP contribution in [0.25, 0.3) is 5.69 Å². The Labute approximate surface area is 188 Å². The average molecular weight is 440 g/mol. The summed E-state index contributed by atoms with van der Waals surface area (Å²) in [6.07, 6.45) is 2.78. The molecule has 0 spiro atoms. The molecule has 32 heavy (non-hydrogen) atoms. The van der Waals surface area contributed by atoms with Gasteiger partial charge in [-0.2, -0.15) is 0 Å². The first-order chi connectivity index (χ1) is 15.3. The van der Waals surface area contributed by atoms with Gasteiger partial charge in [-0.3, -0.25) is 24.4 Å². The number of hydrogen-bond donors (Lipinski definition) is 1. The van der Waals surface area contributed by atoms with Crippen LogP contribution < -0.4 is 5.56 Å². The second-order valence-corrected chi connectivity index (χ2v) is 9.21. The Morgan fingerprint density at radius 1 is 1.03 bits per heavy atom. The summed E-state index contributed by atoms with van der Waals surface area (Å²) in [6.45, 7) is 5.18. The first-order valence-electron chi connectivity index (χ1n) is 11.4. The van der Waals surface area contributed by atoms with Crippen LogP contribution in [-0.2, 0) is 22.4 Å². The zero-order valence-electron chi connectivity index (χ0n) is 19.3. The van der Waals surface area contributed by atoms with Crippen molar-refractivity contribution in [2.24, 2.45) is 5.92 Å². The Hall–Kier alpha value is -2.87. The highest BCUT2D eigenvalue weighted by molar-refractivity contribution is 5.79. The van der Waals surface area contributed by atoms with Crippen LogP contribution in [0.15, 0.2) is 29.1 Å². The molecule has 1 atom stereocenters. The van der Waals surface area contributed by atoms with E-state index in [2.05, 4.69) is 10.00 Å². The van der Waals surface area contributed by atoms with Gasteiger partial charge in [0, 0.05) is 57.4 Å². The van der Waals surface area contributed by atoms with Gasteiger partial charge in [0.25, 0.3) is 5.56 Å². The number of amides is 2. The van der Waals surface area contributed by atoms with E-state index in [0.29, 0.717) is 38.9 Å². The highest BCUT2D eigenvalue weighted by Crippen LogP contribution is 2.25. The highest BCUT2D eigenvalue weighted by atomic mass is 16.2. The van der Waals surface area contributed by atoms with Gasteiger partial charge in [-0.25, -0.2) is 4.68 Å². The number of aromatic amines is 1. The standard InChI is InChI=1S/C24H33N5O3/c1-17-4-8-19(9-5-17)29-24(32)20-10-6-18(7-11-21(20)25-29)23(31)28-14-12-27(13-15-28)16-22(30)26(2)3/h4-5,8-9,18,25H,6-7,10-16H2,1-3H3. The van der Waals surface area contributed by atoms with E-state index < -0.39 is 0 Å². The summed E-state index contributed by atoms with van der Waals surface area (Å²) in [5.74, 6) is 0.219. The number of likely N-dealkylation sites (N-methyl/N-ethyl adjacent to an activating group) is 1. The summed E-state index contributed by atoms with van der Waals surface area (Å²) >= 11 is 0. The first kappa shape index (κ1) is 22.3. The van der Waals surface area contributed by atoms with Gasteiger partial charge in [-0.05, 0) is 44.7 Å². The molecule has 1 unspecified atom stereocenters. The average Bonchev–Trinajstić information content (AvgIpc) is 2.95. The topological polar surface area (TPSA) is 81.6 Å². The number of aryl methyl sites for hydroxylation is 2. The minimum absolute atomic E-state index is 0.00359. The van der Waals surface area contributed by atoms with E-state index in [1.807, 2.05) is 36.1 Å². The second-order valence-electron chi connectivity index (χ2n) is 9.21. The molecular weight excluding hydrogens is 406 g/mol. The van der Waals surface area contributed by atoms with Gasteiger partial charge in [-0.15, -0.1) is 0 Å². The Bertz CT molecular complexity index is 1030. The van der Waals surface area contributed by atoms with Crippen molar-refractivity contribution in [3.8, 4) is 5.69 Å². The lowest BCUT2D eigenvalue weighted by Crippen LogP contribution is -2.52. The number of rotatable bonds is 4. The number of benzene rings is 1. The maximum absolute atomic E-state index is 13.2. The van der Waals surface area contributed by atoms with Crippen molar-refractivity contribution in [3.63, 3.8) is 0 Å². The number of hydrogen-bond acceptors (Lipinski definition) is 4. The quantitative estimate of drug-likeness (QED) is 0.726. The molecule has 1 N–H and O–H groups in total. The van der Waals surface area contributed by atoms with E-state index >= 15 is 0 Å². The van der Waals surface area contributed by atoms with E-state index in [1.54, 1.807) is 23.7 Å². The number of fused-ring (bicyclic) bond motifs is 1. The number of nitrogens with zero attached hydrogens (tertiary/aromatic N) is 4. The lowest BCUT2D eigenvalue weighted by Gasteiger charge is -2.36.